The Balaban J connectivity index is 1.53. The number of fused-ring (bicyclic) bond motifs is 1. The Labute approximate surface area is 159 Å². The molecule has 2 aliphatic rings. The van der Waals surface area contributed by atoms with Gasteiger partial charge in [0.2, 0.25) is 10.0 Å². The third-order valence-corrected chi connectivity index (χ3v) is 6.77. The van der Waals surface area contributed by atoms with Crippen molar-refractivity contribution < 1.29 is 13.2 Å². The van der Waals surface area contributed by atoms with Crippen LogP contribution in [0.3, 0.4) is 0 Å². The molecule has 0 atom stereocenters. The van der Waals surface area contributed by atoms with E-state index in [1.165, 1.54) is 23.4 Å². The van der Waals surface area contributed by atoms with E-state index >= 15 is 0 Å². The second-order valence-electron chi connectivity index (χ2n) is 7.36. The molecule has 8 nitrogen and oxygen atoms in total. The van der Waals surface area contributed by atoms with Gasteiger partial charge in [-0.25, -0.2) is 13.4 Å². The molecule has 1 N–H and O–H groups in total. The van der Waals surface area contributed by atoms with Gasteiger partial charge < -0.3 is 10.2 Å². The largest absolute Gasteiger partial charge is 0.355 e. The average Bonchev–Trinajstić information content (AvgIpc) is 3.30. The molecule has 0 bridgehead atoms. The van der Waals surface area contributed by atoms with Gasteiger partial charge in [0, 0.05) is 38.4 Å². The molecular formula is C18H25N5O3S. The van der Waals surface area contributed by atoms with Crippen LogP contribution in [0.15, 0.2) is 24.5 Å². The normalized spacial score (nSPS) is 19.7. The van der Waals surface area contributed by atoms with Crippen molar-refractivity contribution in [2.24, 2.45) is 0 Å². The van der Waals surface area contributed by atoms with Gasteiger partial charge in [0.05, 0.1) is 18.0 Å². The highest BCUT2D eigenvalue weighted by Gasteiger charge is 2.25. The first-order valence-corrected chi connectivity index (χ1v) is 11.2. The van der Waals surface area contributed by atoms with Gasteiger partial charge in [-0.2, -0.15) is 4.31 Å². The Morgan fingerprint density at radius 2 is 1.85 bits per heavy atom. The van der Waals surface area contributed by atoms with E-state index in [0.29, 0.717) is 31.9 Å². The van der Waals surface area contributed by atoms with Crippen LogP contribution >= 0.6 is 0 Å². The number of carbonyl (C=O) groups excluding carboxylic acids is 1. The summed E-state index contributed by atoms with van der Waals surface area (Å²) in [5.41, 5.74) is 1.31. The molecule has 3 heterocycles. The summed E-state index contributed by atoms with van der Waals surface area (Å²) in [7, 11) is -3.15. The first-order chi connectivity index (χ1) is 12.9. The van der Waals surface area contributed by atoms with Crippen LogP contribution in [-0.4, -0.2) is 66.5 Å². The number of rotatable bonds is 4. The van der Waals surface area contributed by atoms with Crippen molar-refractivity contribution in [3.63, 3.8) is 0 Å². The number of sulfonamides is 1. The van der Waals surface area contributed by atoms with E-state index in [2.05, 4.69) is 15.2 Å². The summed E-state index contributed by atoms with van der Waals surface area (Å²) >= 11 is 0. The highest BCUT2D eigenvalue weighted by Crippen LogP contribution is 2.22. The van der Waals surface area contributed by atoms with Crippen molar-refractivity contribution in [1.29, 1.82) is 0 Å². The van der Waals surface area contributed by atoms with E-state index in [1.807, 2.05) is 16.5 Å². The van der Waals surface area contributed by atoms with Gasteiger partial charge in [-0.3, -0.25) is 9.20 Å². The molecular weight excluding hydrogens is 366 g/mol. The molecule has 0 unspecified atom stereocenters. The van der Waals surface area contributed by atoms with Gasteiger partial charge in [-0.15, -0.1) is 0 Å². The maximum Gasteiger partial charge on any atom is 0.271 e. The van der Waals surface area contributed by atoms with Crippen LogP contribution in [0.1, 0.15) is 36.2 Å². The molecule has 0 spiro atoms. The number of amides is 1. The second-order valence-corrected chi connectivity index (χ2v) is 9.35. The molecule has 2 aromatic rings. The molecule has 1 amide bonds. The third kappa shape index (κ3) is 3.79. The maximum absolute atomic E-state index is 12.5. The van der Waals surface area contributed by atoms with Crippen molar-refractivity contribution in [1.82, 2.24) is 19.0 Å². The fraction of sp³-hybridized carbons (Fsp3) is 0.556. The summed E-state index contributed by atoms with van der Waals surface area (Å²) in [5, 5.41) is 3.07. The van der Waals surface area contributed by atoms with Crippen LogP contribution in [0.4, 0.5) is 5.82 Å². The standard InChI is InChI=1S/C18H25N5O3S/c1-27(25,26)22-10-8-21(9-11-22)17-7-6-15-12-19-16(13-23(15)17)18(24)20-14-4-2-3-5-14/h6-7,12-14H,2-5,8-11H2,1H3,(H,20,24). The fourth-order valence-electron chi connectivity index (χ4n) is 3.94. The van der Waals surface area contributed by atoms with Crippen LogP contribution in [0.2, 0.25) is 0 Å². The quantitative estimate of drug-likeness (QED) is 0.843. The third-order valence-electron chi connectivity index (χ3n) is 5.47. The molecule has 2 aromatic heterocycles. The van der Waals surface area contributed by atoms with Crippen LogP contribution in [0, 0.1) is 0 Å². The van der Waals surface area contributed by atoms with Gasteiger partial charge in [0.25, 0.3) is 5.91 Å². The Kier molecular flexibility index (Phi) is 4.81. The summed E-state index contributed by atoms with van der Waals surface area (Å²) in [6.07, 6.45) is 9.13. The SMILES string of the molecule is CS(=O)(=O)N1CCN(c2ccc3cnc(C(=O)NC4CCCC4)cn23)CC1. The molecule has 27 heavy (non-hydrogen) atoms. The van der Waals surface area contributed by atoms with Crippen molar-refractivity contribution in [2.75, 3.05) is 37.3 Å². The van der Waals surface area contributed by atoms with E-state index in [0.717, 1.165) is 24.2 Å². The molecule has 1 aliphatic carbocycles. The molecule has 0 aromatic carbocycles. The van der Waals surface area contributed by atoms with Crippen molar-refractivity contribution in [2.45, 2.75) is 31.7 Å². The Morgan fingerprint density at radius 3 is 2.52 bits per heavy atom. The zero-order valence-electron chi connectivity index (χ0n) is 15.5. The smallest absolute Gasteiger partial charge is 0.271 e. The van der Waals surface area contributed by atoms with Gasteiger partial charge in [0.1, 0.15) is 11.5 Å². The Morgan fingerprint density at radius 1 is 1.15 bits per heavy atom. The van der Waals surface area contributed by atoms with Gasteiger partial charge >= 0.3 is 0 Å². The minimum atomic E-state index is -3.15. The lowest BCUT2D eigenvalue weighted by molar-refractivity contribution is 0.0932. The number of hydrogen-bond donors (Lipinski definition) is 1. The van der Waals surface area contributed by atoms with E-state index < -0.39 is 10.0 Å². The summed E-state index contributed by atoms with van der Waals surface area (Å²) in [6.45, 7) is 2.16. The molecule has 4 rings (SSSR count). The number of piperazine rings is 1. The zero-order chi connectivity index (χ0) is 19.0. The van der Waals surface area contributed by atoms with Crippen LogP contribution in [0.25, 0.3) is 5.52 Å². The molecule has 1 saturated carbocycles. The highest BCUT2D eigenvalue weighted by atomic mass is 32.2. The van der Waals surface area contributed by atoms with Gasteiger partial charge in [-0.05, 0) is 25.0 Å². The number of anilines is 1. The second kappa shape index (κ2) is 7.12. The van der Waals surface area contributed by atoms with Crippen molar-refractivity contribution in [3.8, 4) is 0 Å². The lowest BCUT2D eigenvalue weighted by atomic mass is 10.2. The summed E-state index contributed by atoms with van der Waals surface area (Å²) in [6, 6.07) is 4.21. The Bertz CT molecular complexity index is 941. The summed E-state index contributed by atoms with van der Waals surface area (Å²) in [5.74, 6) is 0.820. The van der Waals surface area contributed by atoms with E-state index in [4.69, 9.17) is 0 Å². The van der Waals surface area contributed by atoms with Gasteiger partial charge in [0.15, 0.2) is 0 Å². The lowest BCUT2D eigenvalue weighted by Gasteiger charge is -2.34. The number of hydrogen-bond acceptors (Lipinski definition) is 5. The first-order valence-electron chi connectivity index (χ1n) is 9.40. The topological polar surface area (TPSA) is 87.0 Å². The van der Waals surface area contributed by atoms with Crippen LogP contribution < -0.4 is 10.2 Å². The lowest BCUT2D eigenvalue weighted by Crippen LogP contribution is -2.48. The van der Waals surface area contributed by atoms with Crippen LogP contribution in [-0.2, 0) is 10.0 Å². The molecule has 0 radical (unpaired) electrons. The maximum atomic E-state index is 12.5. The summed E-state index contributed by atoms with van der Waals surface area (Å²) < 4.78 is 26.9. The first kappa shape index (κ1) is 18.2. The zero-order valence-corrected chi connectivity index (χ0v) is 16.3. The van der Waals surface area contributed by atoms with Crippen molar-refractivity contribution in [3.05, 3.63) is 30.2 Å². The fourth-order valence-corrected chi connectivity index (χ4v) is 4.77. The molecule has 1 aliphatic heterocycles. The number of carbonyl (C=O) groups is 1. The van der Waals surface area contributed by atoms with Crippen molar-refractivity contribution >= 4 is 27.3 Å². The molecule has 2 fully saturated rings. The minimum Gasteiger partial charge on any atom is -0.355 e. The monoisotopic (exact) mass is 391 g/mol. The van der Waals surface area contributed by atoms with E-state index in [9.17, 15) is 13.2 Å². The minimum absolute atomic E-state index is 0.134. The summed E-state index contributed by atoms with van der Waals surface area (Å²) in [4.78, 5) is 19.0. The van der Waals surface area contributed by atoms with E-state index in [1.54, 1.807) is 12.4 Å². The van der Waals surface area contributed by atoms with Gasteiger partial charge in [-0.1, -0.05) is 12.8 Å². The Hall–Kier alpha value is -2.13. The highest BCUT2D eigenvalue weighted by molar-refractivity contribution is 7.88. The number of nitrogens with zero attached hydrogens (tertiary/aromatic N) is 4. The number of nitrogens with one attached hydrogen (secondary N) is 1. The molecule has 146 valence electrons. The average molecular weight is 391 g/mol. The van der Waals surface area contributed by atoms with Crippen LogP contribution in [0.5, 0.6) is 0 Å². The molecule has 1 saturated heterocycles. The molecule has 9 heteroatoms. The predicted octanol–water partition coefficient (Wildman–Crippen LogP) is 1.09. The van der Waals surface area contributed by atoms with E-state index in [-0.39, 0.29) is 11.9 Å². The predicted molar refractivity (Wildman–Crippen MR) is 104 cm³/mol. The number of aromatic nitrogens is 2.